The predicted molar refractivity (Wildman–Crippen MR) is 117 cm³/mol. The number of fused-ring (bicyclic) bond motifs is 1. The number of sulfone groups is 1. The van der Waals surface area contributed by atoms with E-state index in [-0.39, 0.29) is 11.3 Å². The SMILES string of the molecule is CS(=O)(=O)c1cccc(C(CC#N)n2cc(-c3ncnc4[nH]ccc34)cn2)c1.O=C(O)C(F)(F)F. The first kappa shape index (κ1) is 25.4. The fourth-order valence-electron chi connectivity index (χ4n) is 3.14. The van der Waals surface area contributed by atoms with Gasteiger partial charge in [0.15, 0.2) is 9.84 Å². The van der Waals surface area contributed by atoms with Crippen LogP contribution in [0.5, 0.6) is 0 Å². The zero-order valence-corrected chi connectivity index (χ0v) is 18.7. The molecule has 1 atom stereocenters. The summed E-state index contributed by atoms with van der Waals surface area (Å²) in [5, 5.41) is 21.7. The Hall–Kier alpha value is -4.25. The van der Waals surface area contributed by atoms with E-state index < -0.39 is 28.0 Å². The molecule has 0 amide bonds. The second kappa shape index (κ2) is 9.94. The van der Waals surface area contributed by atoms with Crippen LogP contribution >= 0.6 is 0 Å². The summed E-state index contributed by atoms with van der Waals surface area (Å²) in [5.74, 6) is -2.76. The summed E-state index contributed by atoms with van der Waals surface area (Å²) in [7, 11) is -3.34. The van der Waals surface area contributed by atoms with E-state index in [9.17, 15) is 26.9 Å². The molecule has 35 heavy (non-hydrogen) atoms. The number of H-pyrrole nitrogens is 1. The van der Waals surface area contributed by atoms with Crippen LogP contribution in [0.25, 0.3) is 22.3 Å². The molecule has 0 aliphatic carbocycles. The maximum Gasteiger partial charge on any atom is 0.490 e. The molecule has 0 saturated heterocycles. The second-order valence-corrected chi connectivity index (χ2v) is 9.21. The molecule has 182 valence electrons. The quantitative estimate of drug-likeness (QED) is 0.418. The predicted octanol–water partition coefficient (Wildman–Crippen LogP) is 3.36. The van der Waals surface area contributed by atoms with Crippen molar-refractivity contribution in [2.45, 2.75) is 23.5 Å². The highest BCUT2D eigenvalue weighted by atomic mass is 32.2. The average molecular weight is 506 g/mol. The van der Waals surface area contributed by atoms with Crippen molar-refractivity contribution in [3.05, 3.63) is 60.8 Å². The maximum absolute atomic E-state index is 11.9. The molecule has 0 aliphatic heterocycles. The minimum atomic E-state index is -5.08. The molecular weight excluding hydrogens is 489 g/mol. The zero-order chi connectivity index (χ0) is 25.8. The minimum absolute atomic E-state index is 0.150. The van der Waals surface area contributed by atoms with E-state index in [4.69, 9.17) is 9.90 Å². The van der Waals surface area contributed by atoms with Crippen molar-refractivity contribution in [2.75, 3.05) is 6.26 Å². The molecular formula is C21H17F3N6O4S. The summed E-state index contributed by atoms with van der Waals surface area (Å²) in [6, 6.07) is 10.2. The number of nitriles is 1. The third kappa shape index (κ3) is 6.01. The molecule has 0 spiro atoms. The van der Waals surface area contributed by atoms with E-state index in [1.54, 1.807) is 41.3 Å². The molecule has 14 heteroatoms. The number of aliphatic carboxylic acids is 1. The van der Waals surface area contributed by atoms with Crippen LogP contribution in [-0.4, -0.2) is 56.7 Å². The number of aromatic amines is 1. The van der Waals surface area contributed by atoms with Crippen molar-refractivity contribution < 1.29 is 31.5 Å². The van der Waals surface area contributed by atoms with E-state index in [0.717, 1.165) is 28.5 Å². The van der Waals surface area contributed by atoms with Gasteiger partial charge in [-0.15, -0.1) is 0 Å². The minimum Gasteiger partial charge on any atom is -0.475 e. The van der Waals surface area contributed by atoms with Crippen molar-refractivity contribution in [3.63, 3.8) is 0 Å². The Labute approximate surface area is 196 Å². The van der Waals surface area contributed by atoms with Crippen LogP contribution in [0, 0.1) is 11.3 Å². The standard InChI is InChI=1S/C19H16N6O2S.C2HF3O2/c1-28(26,27)15-4-2-3-13(9-15)17(5-7-20)25-11-14(10-24-25)18-16-6-8-21-19(16)23-12-22-18;3-2(4,5)1(6)7/h2-4,6,8-12,17H,5H2,1H3,(H,21,22,23);(H,6,7). The van der Waals surface area contributed by atoms with Gasteiger partial charge >= 0.3 is 12.1 Å². The lowest BCUT2D eigenvalue weighted by Gasteiger charge is -2.15. The zero-order valence-electron chi connectivity index (χ0n) is 17.9. The summed E-state index contributed by atoms with van der Waals surface area (Å²) >= 11 is 0. The van der Waals surface area contributed by atoms with Crippen molar-refractivity contribution in [3.8, 4) is 17.3 Å². The maximum atomic E-state index is 11.9. The van der Waals surface area contributed by atoms with Gasteiger partial charge in [-0.25, -0.2) is 23.2 Å². The number of carbonyl (C=O) groups is 1. The van der Waals surface area contributed by atoms with Crippen LogP contribution < -0.4 is 0 Å². The van der Waals surface area contributed by atoms with Crippen LogP contribution in [0.1, 0.15) is 18.0 Å². The number of nitrogens with one attached hydrogen (secondary N) is 1. The molecule has 2 N–H and O–H groups in total. The largest absolute Gasteiger partial charge is 0.490 e. The Kier molecular flexibility index (Phi) is 7.20. The van der Waals surface area contributed by atoms with Crippen LogP contribution in [0.15, 0.2) is 60.1 Å². The molecule has 4 rings (SSSR count). The van der Waals surface area contributed by atoms with Crippen molar-refractivity contribution in [2.24, 2.45) is 0 Å². The van der Waals surface area contributed by atoms with Crippen molar-refractivity contribution >= 4 is 26.8 Å². The van der Waals surface area contributed by atoms with Gasteiger partial charge in [0.2, 0.25) is 0 Å². The molecule has 0 aliphatic rings. The molecule has 3 aromatic heterocycles. The molecule has 0 saturated carbocycles. The molecule has 0 bridgehead atoms. The fourth-order valence-corrected chi connectivity index (χ4v) is 3.81. The Morgan fingerprint density at radius 1 is 1.29 bits per heavy atom. The number of benzene rings is 1. The number of halogens is 3. The number of carboxylic acid groups (broad SMARTS) is 1. The monoisotopic (exact) mass is 506 g/mol. The third-order valence-electron chi connectivity index (χ3n) is 4.75. The topological polar surface area (TPSA) is 155 Å². The van der Waals surface area contributed by atoms with Gasteiger partial charge < -0.3 is 10.1 Å². The Bertz CT molecular complexity index is 1510. The van der Waals surface area contributed by atoms with E-state index >= 15 is 0 Å². The molecule has 10 nitrogen and oxygen atoms in total. The van der Waals surface area contributed by atoms with Gasteiger partial charge in [-0.2, -0.15) is 23.5 Å². The number of nitrogens with zero attached hydrogens (tertiary/aromatic N) is 5. The van der Waals surface area contributed by atoms with Crippen molar-refractivity contribution in [1.82, 2.24) is 24.7 Å². The smallest absolute Gasteiger partial charge is 0.475 e. The number of aromatic nitrogens is 5. The first-order valence-corrected chi connectivity index (χ1v) is 11.6. The van der Waals surface area contributed by atoms with E-state index in [1.807, 2.05) is 12.3 Å². The van der Waals surface area contributed by atoms with Gasteiger partial charge in [-0.05, 0) is 23.8 Å². The lowest BCUT2D eigenvalue weighted by atomic mass is 10.0. The Balaban J connectivity index is 0.000000429. The summed E-state index contributed by atoms with van der Waals surface area (Å²) in [6.45, 7) is 0. The lowest BCUT2D eigenvalue weighted by Crippen LogP contribution is -2.21. The summed E-state index contributed by atoms with van der Waals surface area (Å²) < 4.78 is 57.2. The highest BCUT2D eigenvalue weighted by molar-refractivity contribution is 7.90. The number of rotatable bonds is 5. The van der Waals surface area contributed by atoms with Gasteiger partial charge in [-0.1, -0.05) is 12.1 Å². The van der Waals surface area contributed by atoms with E-state index in [0.29, 0.717) is 5.56 Å². The first-order chi connectivity index (χ1) is 16.4. The summed E-state index contributed by atoms with van der Waals surface area (Å²) in [4.78, 5) is 20.7. The second-order valence-electron chi connectivity index (χ2n) is 7.20. The molecule has 4 aromatic rings. The highest BCUT2D eigenvalue weighted by Gasteiger charge is 2.38. The van der Waals surface area contributed by atoms with Gasteiger partial charge in [0, 0.05) is 29.6 Å². The van der Waals surface area contributed by atoms with Crippen LogP contribution in [0.3, 0.4) is 0 Å². The normalized spacial score (nSPS) is 12.4. The first-order valence-electron chi connectivity index (χ1n) is 9.71. The fraction of sp³-hybridized carbons (Fsp3) is 0.190. The van der Waals surface area contributed by atoms with Gasteiger partial charge in [-0.3, -0.25) is 4.68 Å². The van der Waals surface area contributed by atoms with E-state index in [2.05, 4.69) is 26.1 Å². The van der Waals surface area contributed by atoms with Crippen LogP contribution in [0.4, 0.5) is 13.2 Å². The molecule has 1 aromatic carbocycles. The number of alkyl halides is 3. The number of hydrogen-bond donors (Lipinski definition) is 2. The number of hydrogen-bond acceptors (Lipinski definition) is 7. The average Bonchev–Trinajstić information content (AvgIpc) is 3.46. The van der Waals surface area contributed by atoms with Crippen LogP contribution in [-0.2, 0) is 14.6 Å². The van der Waals surface area contributed by atoms with Crippen LogP contribution in [0.2, 0.25) is 0 Å². The molecule has 0 radical (unpaired) electrons. The highest BCUT2D eigenvalue weighted by Crippen LogP contribution is 2.28. The molecule has 1 unspecified atom stereocenters. The van der Waals surface area contributed by atoms with Gasteiger partial charge in [0.25, 0.3) is 0 Å². The lowest BCUT2D eigenvalue weighted by molar-refractivity contribution is -0.192. The Morgan fingerprint density at radius 2 is 2.00 bits per heavy atom. The molecule has 3 heterocycles. The van der Waals surface area contributed by atoms with Gasteiger partial charge in [0.1, 0.15) is 12.0 Å². The summed E-state index contributed by atoms with van der Waals surface area (Å²) in [6.07, 6.45) is 2.99. The third-order valence-corrected chi connectivity index (χ3v) is 5.86. The van der Waals surface area contributed by atoms with E-state index in [1.165, 1.54) is 6.33 Å². The number of carboxylic acids is 1. The summed E-state index contributed by atoms with van der Waals surface area (Å²) in [5.41, 5.74) is 2.95. The Morgan fingerprint density at radius 3 is 2.63 bits per heavy atom. The van der Waals surface area contributed by atoms with Gasteiger partial charge in [0.05, 0.1) is 35.3 Å². The van der Waals surface area contributed by atoms with Crippen molar-refractivity contribution in [1.29, 1.82) is 5.26 Å². The molecule has 0 fully saturated rings.